The van der Waals surface area contributed by atoms with Gasteiger partial charge in [-0.15, -0.1) is 12.4 Å². The number of hydrogen-bond acceptors (Lipinski definition) is 12. The predicted molar refractivity (Wildman–Crippen MR) is 223 cm³/mol. The minimum atomic E-state index is -0.442. The topological polar surface area (TPSA) is 166 Å². The zero-order valence-corrected chi connectivity index (χ0v) is 33.6. The molecule has 288 valence electrons. The minimum absolute atomic E-state index is 0. The first-order valence-corrected chi connectivity index (χ1v) is 19.9. The van der Waals surface area contributed by atoms with Gasteiger partial charge in [-0.25, -0.2) is 9.98 Å². The third kappa shape index (κ3) is 9.14. The summed E-state index contributed by atoms with van der Waals surface area (Å²) in [6.45, 7) is 8.63. The largest absolute Gasteiger partial charge is 0.450 e. The number of aryl methyl sites for hydroxylation is 1. The number of aromatic nitrogens is 2. The Labute approximate surface area is 341 Å². The van der Waals surface area contributed by atoms with Crippen LogP contribution in [0.1, 0.15) is 43.8 Å². The number of carbonyl (C=O) groups is 4. The molecule has 8 rings (SSSR count). The number of nitrogens with one attached hydrogen (secondary N) is 1. The third-order valence-electron chi connectivity index (χ3n) is 8.51. The van der Waals surface area contributed by atoms with Gasteiger partial charge in [-0.2, -0.15) is 0 Å². The van der Waals surface area contributed by atoms with E-state index in [2.05, 4.69) is 27.5 Å². The number of hydrogen-bond donors (Lipinski definition) is 2. The van der Waals surface area contributed by atoms with Gasteiger partial charge in [-0.3, -0.25) is 24.1 Å². The molecular weight excluding hydrogens is 792 g/mol. The van der Waals surface area contributed by atoms with E-state index in [0.717, 1.165) is 58.1 Å². The number of nitrogens with two attached hydrogens (primary N) is 1. The molecule has 12 nitrogen and oxygen atoms in total. The molecule has 5 aromatic rings. The molecule has 3 aliphatic heterocycles. The Bertz CT molecular complexity index is 2420. The van der Waals surface area contributed by atoms with Crippen LogP contribution in [0.4, 0.5) is 10.5 Å². The third-order valence-corrected chi connectivity index (χ3v) is 11.2. The van der Waals surface area contributed by atoms with Crippen molar-refractivity contribution in [2.45, 2.75) is 61.0 Å². The number of imidazole rings is 1. The number of Topliss-reactive ketones (excluding diaryl/α,β-unsaturated/α-hetero) is 1. The molecule has 3 aromatic heterocycles. The molecule has 0 unspecified atom stereocenters. The average molecular weight is 829 g/mol. The minimum Gasteiger partial charge on any atom is -0.450 e. The molecule has 6 heterocycles. The number of allylic oxidation sites excluding steroid dienone is 1. The second kappa shape index (κ2) is 17.8. The summed E-state index contributed by atoms with van der Waals surface area (Å²) < 4.78 is 13.8. The standard InChI is InChI=1S/C21H22N4O3S2.C19H14N2O3S.ClH/c1-13(2)25-19(26)17(29-21(25)27)12-14-8-9-18(28-14)30-20-23-15-6-3-4-7-16(15)24(20)11-5-10-22;1-11-8-16(22)14(19(23)20-11)10-13-6-7-18(24-13)25-17-9-12-4-2-3-5-15(12)21-17;/h3-4,6-9,12-13H,5,10-11,22H2,1-2H3;2-7,10H,1,8-9H2,(H,20,23);1H/b17-12-;14-10+;. The van der Waals surface area contributed by atoms with Gasteiger partial charge in [0.2, 0.25) is 0 Å². The second-order valence-corrected chi connectivity index (χ2v) is 15.9. The molecular formula is C40H37ClN6O6S3. The van der Waals surface area contributed by atoms with Crippen molar-refractivity contribution in [2.75, 3.05) is 6.54 Å². The number of furan rings is 2. The van der Waals surface area contributed by atoms with E-state index in [0.29, 0.717) is 38.9 Å². The van der Waals surface area contributed by atoms with Gasteiger partial charge in [-0.05, 0) is 116 Å². The normalized spacial score (nSPS) is 16.8. The van der Waals surface area contributed by atoms with Gasteiger partial charge in [0.25, 0.3) is 17.1 Å². The molecule has 2 fully saturated rings. The summed E-state index contributed by atoms with van der Waals surface area (Å²) >= 11 is 3.81. The number of amides is 3. The lowest BCUT2D eigenvalue weighted by Gasteiger charge is -2.16. The SMILES string of the molecule is C=C1CC(=O)/C(=C\c2ccc(SC3=Nc4ccccc4C3)o2)C(=O)N1.CC(C)N1C(=O)S/C(=C\c2ccc(Sc3nc4ccccc4n3CCCN)o2)C1=O.Cl. The molecule has 2 aromatic carbocycles. The first-order chi connectivity index (χ1) is 26.6. The molecule has 0 radical (unpaired) electrons. The highest BCUT2D eigenvalue weighted by molar-refractivity contribution is 8.18. The summed E-state index contributed by atoms with van der Waals surface area (Å²) in [5.41, 5.74) is 10.4. The van der Waals surface area contributed by atoms with Gasteiger partial charge in [0, 0.05) is 30.8 Å². The molecule has 2 saturated heterocycles. The van der Waals surface area contributed by atoms with Crippen LogP contribution >= 0.6 is 47.7 Å². The van der Waals surface area contributed by atoms with Crippen molar-refractivity contribution < 1.29 is 28.0 Å². The van der Waals surface area contributed by atoms with Crippen LogP contribution < -0.4 is 11.1 Å². The lowest BCUT2D eigenvalue weighted by molar-refractivity contribution is -0.124. The summed E-state index contributed by atoms with van der Waals surface area (Å²) in [4.78, 5) is 59.3. The number of piperidine rings is 1. The van der Waals surface area contributed by atoms with Gasteiger partial charge < -0.3 is 24.5 Å². The van der Waals surface area contributed by atoms with Gasteiger partial charge in [0.1, 0.15) is 11.5 Å². The molecule has 3 amide bonds. The maximum atomic E-state index is 12.4. The number of rotatable bonds is 9. The lowest BCUT2D eigenvalue weighted by Crippen LogP contribution is -2.34. The van der Waals surface area contributed by atoms with Crippen LogP contribution in [0.5, 0.6) is 0 Å². The summed E-state index contributed by atoms with van der Waals surface area (Å²) in [7, 11) is 0. The zero-order chi connectivity index (χ0) is 38.6. The Morgan fingerprint density at radius 3 is 2.32 bits per heavy atom. The summed E-state index contributed by atoms with van der Waals surface area (Å²) in [5.74, 6) is 0.00706. The van der Waals surface area contributed by atoms with Crippen molar-refractivity contribution in [1.29, 1.82) is 0 Å². The molecule has 3 N–H and O–H groups in total. The zero-order valence-electron chi connectivity index (χ0n) is 30.4. The van der Waals surface area contributed by atoms with Gasteiger partial charge in [-0.1, -0.05) is 36.9 Å². The van der Waals surface area contributed by atoms with Crippen LogP contribution in [0.3, 0.4) is 0 Å². The van der Waals surface area contributed by atoms with Crippen LogP contribution in [0.2, 0.25) is 0 Å². The fraction of sp³-hybridized carbons (Fsp3) is 0.200. The molecule has 56 heavy (non-hydrogen) atoms. The number of thioether (sulfide) groups is 2. The van der Waals surface area contributed by atoms with Gasteiger partial charge >= 0.3 is 0 Å². The molecule has 16 heteroatoms. The van der Waals surface area contributed by atoms with E-state index in [1.54, 1.807) is 18.2 Å². The molecule has 0 atom stereocenters. The highest BCUT2D eigenvalue weighted by Crippen LogP contribution is 2.37. The van der Waals surface area contributed by atoms with Crippen molar-refractivity contribution in [3.05, 3.63) is 113 Å². The highest BCUT2D eigenvalue weighted by atomic mass is 35.5. The van der Waals surface area contributed by atoms with Crippen molar-refractivity contribution in [2.24, 2.45) is 10.7 Å². The van der Waals surface area contributed by atoms with E-state index in [9.17, 15) is 19.2 Å². The van der Waals surface area contributed by atoms with E-state index in [-0.39, 0.29) is 47.4 Å². The highest BCUT2D eigenvalue weighted by Gasteiger charge is 2.37. The Kier molecular flexibility index (Phi) is 12.9. The number of fused-ring (bicyclic) bond motifs is 2. The van der Waals surface area contributed by atoms with Crippen LogP contribution in [0, 0.1) is 0 Å². The maximum absolute atomic E-state index is 12.4. The Hall–Kier alpha value is -5.06. The molecule has 3 aliphatic rings. The predicted octanol–water partition coefficient (Wildman–Crippen LogP) is 8.64. The van der Waals surface area contributed by atoms with E-state index < -0.39 is 5.91 Å². The number of para-hydroxylation sites is 3. The van der Waals surface area contributed by atoms with Crippen LogP contribution in [-0.4, -0.2) is 54.9 Å². The Morgan fingerprint density at radius 1 is 0.929 bits per heavy atom. The van der Waals surface area contributed by atoms with Crippen LogP contribution in [0.25, 0.3) is 23.2 Å². The molecule has 0 saturated carbocycles. The van der Waals surface area contributed by atoms with Gasteiger partial charge in [0.15, 0.2) is 21.1 Å². The first-order valence-electron chi connectivity index (χ1n) is 17.4. The molecule has 0 spiro atoms. The maximum Gasteiger partial charge on any atom is 0.293 e. The van der Waals surface area contributed by atoms with E-state index >= 15 is 0 Å². The second-order valence-electron chi connectivity index (χ2n) is 12.9. The number of nitrogens with zero attached hydrogens (tertiary/aromatic N) is 4. The summed E-state index contributed by atoms with van der Waals surface area (Å²) in [6.07, 6.45) is 4.84. The smallest absolute Gasteiger partial charge is 0.293 e. The van der Waals surface area contributed by atoms with Crippen molar-refractivity contribution in [3.8, 4) is 0 Å². The van der Waals surface area contributed by atoms with E-state index in [1.807, 2.05) is 68.4 Å². The number of aliphatic imine (C=N–C) groups is 1. The fourth-order valence-corrected chi connectivity index (χ4v) is 8.65. The number of benzene rings is 2. The van der Waals surface area contributed by atoms with E-state index in [1.165, 1.54) is 40.1 Å². The fourth-order valence-electron chi connectivity index (χ4n) is 5.93. The summed E-state index contributed by atoms with van der Waals surface area (Å²) in [5, 5.41) is 5.43. The Balaban J connectivity index is 0.000000189. The van der Waals surface area contributed by atoms with Crippen molar-refractivity contribution in [1.82, 2.24) is 19.8 Å². The lowest BCUT2D eigenvalue weighted by atomic mass is 10.0. The molecule has 0 bridgehead atoms. The first kappa shape index (κ1) is 40.6. The summed E-state index contributed by atoms with van der Waals surface area (Å²) in [6, 6.07) is 23.0. The van der Waals surface area contributed by atoms with E-state index in [4.69, 9.17) is 19.6 Å². The monoisotopic (exact) mass is 828 g/mol. The number of imide groups is 1. The molecule has 0 aliphatic carbocycles. The quantitative estimate of drug-likeness (QED) is 0.108. The number of halogens is 1. The van der Waals surface area contributed by atoms with Crippen LogP contribution in [-0.2, 0) is 27.3 Å². The average Bonchev–Trinajstić information content (AvgIpc) is 3.98. The van der Waals surface area contributed by atoms with Crippen molar-refractivity contribution in [3.63, 3.8) is 0 Å². The number of carbonyl (C=O) groups excluding carboxylic acids is 4. The van der Waals surface area contributed by atoms with Crippen LogP contribution in [0.15, 0.2) is 125 Å². The number of ketones is 1. The van der Waals surface area contributed by atoms with Crippen molar-refractivity contribution >= 4 is 104 Å². The Morgan fingerprint density at radius 2 is 1.62 bits per heavy atom. The van der Waals surface area contributed by atoms with Gasteiger partial charge in [0.05, 0.1) is 38.7 Å².